The largest absolute Gasteiger partial charge is 0.389 e. The molecule has 0 aromatic carbocycles. The van der Waals surface area contributed by atoms with Crippen LogP contribution in [0.2, 0.25) is 0 Å². The molecule has 5 nitrogen and oxygen atoms in total. The van der Waals surface area contributed by atoms with Crippen LogP contribution < -0.4 is 5.32 Å². The summed E-state index contributed by atoms with van der Waals surface area (Å²) in [5.41, 5.74) is -0.656. The summed E-state index contributed by atoms with van der Waals surface area (Å²) in [6.45, 7) is 9.84. The third-order valence-electron chi connectivity index (χ3n) is 4.06. The standard InChI is InChI=1S/C15H29N3O2S/c1-15(2,20)12-17-7-9-18(10-8-17)14(19)11-21-13-3-5-16-6-4-13/h13,16,20H,3-12H2,1-2H3. The molecule has 0 unspecified atom stereocenters. The first kappa shape index (κ1) is 17.1. The molecule has 0 radical (unpaired) electrons. The van der Waals surface area contributed by atoms with Gasteiger partial charge in [-0.25, -0.2) is 0 Å². The van der Waals surface area contributed by atoms with Gasteiger partial charge in [0.05, 0.1) is 11.4 Å². The predicted octanol–water partition coefficient (Wildman–Crippen LogP) is 0.387. The van der Waals surface area contributed by atoms with E-state index in [4.69, 9.17) is 0 Å². The smallest absolute Gasteiger partial charge is 0.232 e. The second-order valence-corrected chi connectivity index (χ2v) is 8.02. The van der Waals surface area contributed by atoms with Crippen molar-refractivity contribution >= 4 is 17.7 Å². The number of hydrogen-bond acceptors (Lipinski definition) is 5. The van der Waals surface area contributed by atoms with Crippen LogP contribution in [0.5, 0.6) is 0 Å². The Labute approximate surface area is 132 Å². The Balaban J connectivity index is 1.65. The molecule has 2 fully saturated rings. The lowest BCUT2D eigenvalue weighted by molar-refractivity contribution is -0.130. The molecule has 0 saturated carbocycles. The van der Waals surface area contributed by atoms with Crippen molar-refractivity contribution in [3.63, 3.8) is 0 Å². The van der Waals surface area contributed by atoms with Crippen LogP contribution in [-0.4, -0.2) is 83.2 Å². The van der Waals surface area contributed by atoms with Gasteiger partial charge in [0.25, 0.3) is 0 Å². The molecule has 122 valence electrons. The maximum absolute atomic E-state index is 12.3. The van der Waals surface area contributed by atoms with Gasteiger partial charge in [-0.2, -0.15) is 0 Å². The molecule has 2 N–H and O–H groups in total. The van der Waals surface area contributed by atoms with Gasteiger partial charge < -0.3 is 15.3 Å². The Hall–Kier alpha value is -0.300. The van der Waals surface area contributed by atoms with Crippen LogP contribution >= 0.6 is 11.8 Å². The van der Waals surface area contributed by atoms with Crippen LogP contribution in [0.15, 0.2) is 0 Å². The quantitative estimate of drug-likeness (QED) is 0.768. The summed E-state index contributed by atoms with van der Waals surface area (Å²) in [5, 5.41) is 13.8. The predicted molar refractivity (Wildman–Crippen MR) is 87.7 cm³/mol. The number of carbonyl (C=O) groups is 1. The van der Waals surface area contributed by atoms with Gasteiger partial charge >= 0.3 is 0 Å². The lowest BCUT2D eigenvalue weighted by Crippen LogP contribution is -2.52. The van der Waals surface area contributed by atoms with E-state index in [0.29, 0.717) is 17.5 Å². The van der Waals surface area contributed by atoms with Crippen LogP contribution in [0, 0.1) is 0 Å². The van der Waals surface area contributed by atoms with Crippen molar-refractivity contribution in [2.24, 2.45) is 0 Å². The molecule has 2 aliphatic heterocycles. The first-order valence-corrected chi connectivity index (χ1v) is 9.04. The van der Waals surface area contributed by atoms with Gasteiger partial charge in [0.2, 0.25) is 5.91 Å². The highest BCUT2D eigenvalue weighted by Crippen LogP contribution is 2.20. The molecule has 0 spiro atoms. The van der Waals surface area contributed by atoms with Crippen LogP contribution in [-0.2, 0) is 4.79 Å². The molecule has 0 atom stereocenters. The van der Waals surface area contributed by atoms with Crippen molar-refractivity contribution < 1.29 is 9.90 Å². The van der Waals surface area contributed by atoms with Gasteiger partial charge in [0, 0.05) is 38.0 Å². The summed E-state index contributed by atoms with van der Waals surface area (Å²) in [5.74, 6) is 0.900. The second kappa shape index (κ2) is 7.81. The number of hydrogen-bond donors (Lipinski definition) is 2. The van der Waals surface area contributed by atoms with E-state index >= 15 is 0 Å². The number of carbonyl (C=O) groups excluding carboxylic acids is 1. The average molecular weight is 315 g/mol. The van der Waals surface area contributed by atoms with Crippen LogP contribution in [0.25, 0.3) is 0 Å². The highest BCUT2D eigenvalue weighted by atomic mass is 32.2. The summed E-state index contributed by atoms with van der Waals surface area (Å²) in [4.78, 5) is 16.5. The minimum atomic E-state index is -0.656. The van der Waals surface area contributed by atoms with E-state index in [-0.39, 0.29) is 5.91 Å². The highest BCUT2D eigenvalue weighted by molar-refractivity contribution is 8.00. The molecule has 0 aromatic heterocycles. The molecule has 2 heterocycles. The van der Waals surface area contributed by atoms with Crippen molar-refractivity contribution in [3.8, 4) is 0 Å². The Morgan fingerprint density at radius 3 is 2.43 bits per heavy atom. The molecule has 0 aliphatic carbocycles. The van der Waals surface area contributed by atoms with Crippen molar-refractivity contribution in [2.75, 3.05) is 51.6 Å². The third-order valence-corrected chi connectivity index (χ3v) is 5.42. The van der Waals surface area contributed by atoms with Gasteiger partial charge in [-0.1, -0.05) is 0 Å². The van der Waals surface area contributed by atoms with E-state index < -0.39 is 5.60 Å². The Bertz CT molecular complexity index is 332. The normalized spacial score (nSPS) is 22.5. The number of thioether (sulfide) groups is 1. The molecule has 1 amide bonds. The average Bonchev–Trinajstić information content (AvgIpc) is 2.45. The summed E-state index contributed by atoms with van der Waals surface area (Å²) < 4.78 is 0. The molecule has 0 aromatic rings. The van der Waals surface area contributed by atoms with E-state index in [1.54, 1.807) is 0 Å². The van der Waals surface area contributed by atoms with E-state index in [2.05, 4.69) is 10.2 Å². The van der Waals surface area contributed by atoms with Crippen molar-refractivity contribution in [3.05, 3.63) is 0 Å². The zero-order chi connectivity index (χ0) is 15.3. The lowest BCUT2D eigenvalue weighted by Gasteiger charge is -2.37. The summed E-state index contributed by atoms with van der Waals surface area (Å²) in [6.07, 6.45) is 2.36. The summed E-state index contributed by atoms with van der Waals surface area (Å²) >= 11 is 1.83. The molecule has 21 heavy (non-hydrogen) atoms. The van der Waals surface area contributed by atoms with Gasteiger partial charge in [-0.05, 0) is 39.8 Å². The monoisotopic (exact) mass is 315 g/mol. The SMILES string of the molecule is CC(C)(O)CN1CCN(C(=O)CSC2CCNCC2)CC1. The van der Waals surface area contributed by atoms with Crippen molar-refractivity contribution in [1.82, 2.24) is 15.1 Å². The van der Waals surface area contributed by atoms with E-state index in [1.807, 2.05) is 30.5 Å². The van der Waals surface area contributed by atoms with Gasteiger partial charge in [-0.15, -0.1) is 11.8 Å². The van der Waals surface area contributed by atoms with Crippen LogP contribution in [0.4, 0.5) is 0 Å². The minimum absolute atomic E-state index is 0.279. The lowest BCUT2D eigenvalue weighted by atomic mass is 10.1. The maximum atomic E-state index is 12.3. The number of aliphatic hydroxyl groups is 1. The summed E-state index contributed by atoms with van der Waals surface area (Å²) in [6, 6.07) is 0. The van der Waals surface area contributed by atoms with Gasteiger partial charge in [0.15, 0.2) is 0 Å². The molecular weight excluding hydrogens is 286 g/mol. The first-order chi connectivity index (χ1) is 9.94. The summed E-state index contributed by atoms with van der Waals surface area (Å²) in [7, 11) is 0. The first-order valence-electron chi connectivity index (χ1n) is 7.99. The van der Waals surface area contributed by atoms with Gasteiger partial charge in [0.1, 0.15) is 0 Å². The van der Waals surface area contributed by atoms with E-state index in [9.17, 15) is 9.90 Å². The molecule has 2 aliphatic rings. The fourth-order valence-corrected chi connectivity index (χ4v) is 4.08. The van der Waals surface area contributed by atoms with Gasteiger partial charge in [-0.3, -0.25) is 9.69 Å². The van der Waals surface area contributed by atoms with Crippen LogP contribution in [0.1, 0.15) is 26.7 Å². The second-order valence-electron chi connectivity index (χ2n) is 6.73. The topological polar surface area (TPSA) is 55.8 Å². The number of nitrogens with zero attached hydrogens (tertiary/aromatic N) is 2. The molecule has 6 heteroatoms. The number of rotatable bonds is 5. The molecule has 2 saturated heterocycles. The molecule has 2 rings (SSSR count). The van der Waals surface area contributed by atoms with E-state index in [1.165, 1.54) is 12.8 Å². The Kier molecular flexibility index (Phi) is 6.34. The fraction of sp³-hybridized carbons (Fsp3) is 0.933. The number of nitrogens with one attached hydrogen (secondary N) is 1. The number of β-amino-alcohol motifs (C(OH)–C–C–N with tert-alkyl or cyclic N) is 1. The maximum Gasteiger partial charge on any atom is 0.232 e. The van der Waals surface area contributed by atoms with Crippen LogP contribution in [0.3, 0.4) is 0 Å². The Morgan fingerprint density at radius 2 is 1.86 bits per heavy atom. The number of piperazine rings is 1. The fourth-order valence-electron chi connectivity index (χ4n) is 2.95. The third kappa shape index (κ3) is 6.14. The molecule has 0 bridgehead atoms. The highest BCUT2D eigenvalue weighted by Gasteiger charge is 2.25. The zero-order valence-electron chi connectivity index (χ0n) is 13.3. The Morgan fingerprint density at radius 1 is 1.24 bits per heavy atom. The number of piperidine rings is 1. The minimum Gasteiger partial charge on any atom is -0.389 e. The zero-order valence-corrected chi connectivity index (χ0v) is 14.1. The van der Waals surface area contributed by atoms with Crippen molar-refractivity contribution in [2.45, 2.75) is 37.5 Å². The molecular formula is C15H29N3O2S. The van der Waals surface area contributed by atoms with Crippen molar-refractivity contribution in [1.29, 1.82) is 0 Å². The van der Waals surface area contributed by atoms with E-state index in [0.717, 1.165) is 39.3 Å². The number of amides is 1.